The van der Waals surface area contributed by atoms with Gasteiger partial charge in [-0.25, -0.2) is 14.7 Å². The molecule has 0 unspecified atom stereocenters. The Bertz CT molecular complexity index is 1730. The number of para-hydroxylation sites is 3. The van der Waals surface area contributed by atoms with Crippen LogP contribution in [0.25, 0.3) is 5.69 Å². The van der Waals surface area contributed by atoms with Crippen LogP contribution in [-0.2, 0) is 0 Å². The number of aliphatic imine (C=N–C) groups is 2. The number of aryl methyl sites for hydroxylation is 2. The van der Waals surface area contributed by atoms with Gasteiger partial charge in [-0.2, -0.15) is 5.10 Å². The number of rotatable bonds is 3. The minimum absolute atomic E-state index is 0.0815. The number of thiophene rings is 1. The van der Waals surface area contributed by atoms with Gasteiger partial charge in [0, 0.05) is 10.4 Å². The van der Waals surface area contributed by atoms with Gasteiger partial charge >= 0.3 is 0 Å². The zero-order chi connectivity index (χ0) is 25.8. The molecular weight excluding hydrogens is 488 g/mol. The van der Waals surface area contributed by atoms with Crippen molar-refractivity contribution < 1.29 is 0 Å². The molecule has 6 nitrogen and oxygen atoms in total. The van der Waals surface area contributed by atoms with Crippen LogP contribution in [0.1, 0.15) is 33.3 Å². The second-order valence-electron chi connectivity index (χ2n) is 9.62. The van der Waals surface area contributed by atoms with E-state index in [-0.39, 0.29) is 6.04 Å². The topological polar surface area (TPSA) is 57.8 Å². The van der Waals surface area contributed by atoms with E-state index in [1.54, 1.807) is 11.3 Å². The van der Waals surface area contributed by atoms with Crippen LogP contribution in [-0.4, -0.2) is 21.5 Å². The molecule has 38 heavy (non-hydrogen) atoms. The standard InChI is InChI=1S/C31H26N6S/c1-19-11-9-15-23(20(19)2)32-29-31-34-30-27(21(3)35-37(30)22-12-5-4-6-13-22)28(26-17-10-18-38-26)36(31)25-16-8-7-14-24(25)33-29/h4-18,28H,1-3H3,(H,32,33)/t28-/m1/s1. The van der Waals surface area contributed by atoms with E-state index >= 15 is 0 Å². The Morgan fingerprint density at radius 3 is 2.50 bits per heavy atom. The van der Waals surface area contributed by atoms with Crippen molar-refractivity contribution in [1.29, 1.82) is 0 Å². The van der Waals surface area contributed by atoms with Gasteiger partial charge in [-0.15, -0.1) is 11.3 Å². The summed E-state index contributed by atoms with van der Waals surface area (Å²) in [7, 11) is 0. The molecule has 2 aliphatic rings. The van der Waals surface area contributed by atoms with Crippen molar-refractivity contribution >= 4 is 45.9 Å². The lowest BCUT2D eigenvalue weighted by atomic mass is 9.98. The Labute approximate surface area is 225 Å². The zero-order valence-electron chi connectivity index (χ0n) is 21.4. The second-order valence-corrected chi connectivity index (χ2v) is 10.6. The number of anilines is 2. The second kappa shape index (κ2) is 8.82. The molecule has 0 aliphatic carbocycles. The van der Waals surface area contributed by atoms with Crippen molar-refractivity contribution in [3.05, 3.63) is 118 Å². The predicted molar refractivity (Wildman–Crippen MR) is 157 cm³/mol. The summed E-state index contributed by atoms with van der Waals surface area (Å²) in [4.78, 5) is 14.0. The largest absolute Gasteiger partial charge is 0.335 e. The molecule has 5 aromatic rings. The van der Waals surface area contributed by atoms with Crippen LogP contribution in [0.15, 0.2) is 100 Å². The molecule has 186 valence electrons. The predicted octanol–water partition coefficient (Wildman–Crippen LogP) is 7.65. The van der Waals surface area contributed by atoms with Gasteiger partial charge in [-0.1, -0.05) is 48.5 Å². The third-order valence-electron chi connectivity index (χ3n) is 7.30. The molecule has 0 saturated carbocycles. The van der Waals surface area contributed by atoms with E-state index in [4.69, 9.17) is 15.1 Å². The molecule has 0 saturated heterocycles. The van der Waals surface area contributed by atoms with E-state index in [0.717, 1.165) is 57.1 Å². The molecule has 2 aromatic heterocycles. The molecule has 0 bridgehead atoms. The highest BCUT2D eigenvalue weighted by Gasteiger charge is 2.42. The first-order chi connectivity index (χ1) is 18.6. The van der Waals surface area contributed by atoms with Crippen LogP contribution in [0.3, 0.4) is 0 Å². The molecule has 1 N–H and O–H groups in total. The average Bonchev–Trinajstić information content (AvgIpc) is 3.59. The molecule has 3 aromatic carbocycles. The maximum atomic E-state index is 5.31. The Balaban J connectivity index is 1.53. The number of hydrogen-bond acceptors (Lipinski definition) is 5. The van der Waals surface area contributed by atoms with E-state index in [9.17, 15) is 0 Å². The monoisotopic (exact) mass is 514 g/mol. The van der Waals surface area contributed by atoms with Gasteiger partial charge in [-0.05, 0) is 73.7 Å². The number of aromatic nitrogens is 2. The molecular formula is C31H26N6S. The molecule has 4 heterocycles. The number of nitrogens with one attached hydrogen (secondary N) is 1. The van der Waals surface area contributed by atoms with Gasteiger partial charge in [0.25, 0.3) is 0 Å². The molecule has 0 fully saturated rings. The first kappa shape index (κ1) is 22.7. The van der Waals surface area contributed by atoms with Crippen LogP contribution >= 0.6 is 11.3 Å². The zero-order valence-corrected chi connectivity index (χ0v) is 22.2. The van der Waals surface area contributed by atoms with Crippen molar-refractivity contribution in [3.8, 4) is 5.69 Å². The van der Waals surface area contributed by atoms with Crippen LogP contribution in [0.4, 0.5) is 22.9 Å². The van der Waals surface area contributed by atoms with Crippen LogP contribution in [0.2, 0.25) is 0 Å². The summed E-state index contributed by atoms with van der Waals surface area (Å²) >= 11 is 1.75. The Hall–Kier alpha value is -4.49. The van der Waals surface area contributed by atoms with Crippen molar-refractivity contribution in [3.63, 3.8) is 0 Å². The maximum Gasteiger partial charge on any atom is 0.179 e. The highest BCUT2D eigenvalue weighted by molar-refractivity contribution is 7.10. The fourth-order valence-electron chi connectivity index (χ4n) is 5.27. The summed E-state index contributed by atoms with van der Waals surface area (Å²) in [5, 5.41) is 10.7. The lowest BCUT2D eigenvalue weighted by Crippen LogP contribution is -2.48. The van der Waals surface area contributed by atoms with Crippen molar-refractivity contribution in [2.75, 3.05) is 10.2 Å². The molecule has 2 aliphatic heterocycles. The van der Waals surface area contributed by atoms with Crippen molar-refractivity contribution in [1.82, 2.24) is 9.78 Å². The van der Waals surface area contributed by atoms with Gasteiger partial charge in [0.2, 0.25) is 0 Å². The maximum absolute atomic E-state index is 5.31. The quantitative estimate of drug-likeness (QED) is 0.269. The van der Waals surface area contributed by atoms with Crippen molar-refractivity contribution in [2.45, 2.75) is 26.8 Å². The lowest BCUT2D eigenvalue weighted by Gasteiger charge is -2.41. The number of fused-ring (bicyclic) bond motifs is 4. The van der Waals surface area contributed by atoms with Gasteiger partial charge < -0.3 is 10.2 Å². The third kappa shape index (κ3) is 3.50. The fourth-order valence-corrected chi connectivity index (χ4v) is 6.10. The van der Waals surface area contributed by atoms with Gasteiger partial charge in [0.05, 0.1) is 28.4 Å². The normalized spacial score (nSPS) is 16.9. The summed E-state index contributed by atoms with van der Waals surface area (Å²) in [6, 6.07) is 29.1. The SMILES string of the molecule is Cc1cccc(N=C2Nc3ccccc3N3C2=Nc2c(c(C)nn2-c2ccccc2)[C@H]3c2cccs2)c1C. The summed E-state index contributed by atoms with van der Waals surface area (Å²) in [5.41, 5.74) is 8.44. The highest BCUT2D eigenvalue weighted by atomic mass is 32.1. The summed E-state index contributed by atoms with van der Waals surface area (Å²) in [6.07, 6.45) is 0. The van der Waals surface area contributed by atoms with Crippen LogP contribution in [0, 0.1) is 20.8 Å². The van der Waals surface area contributed by atoms with E-state index in [1.807, 2.05) is 22.9 Å². The minimum Gasteiger partial charge on any atom is -0.335 e. The third-order valence-corrected chi connectivity index (χ3v) is 8.23. The van der Waals surface area contributed by atoms with E-state index in [2.05, 4.69) is 103 Å². The van der Waals surface area contributed by atoms with E-state index < -0.39 is 0 Å². The molecule has 0 radical (unpaired) electrons. The fraction of sp³-hybridized carbons (Fsp3) is 0.129. The number of nitrogens with zero attached hydrogens (tertiary/aromatic N) is 5. The van der Waals surface area contributed by atoms with E-state index in [0.29, 0.717) is 0 Å². The Kier molecular flexibility index (Phi) is 5.26. The van der Waals surface area contributed by atoms with Crippen LogP contribution in [0.5, 0.6) is 0 Å². The van der Waals surface area contributed by atoms with Crippen molar-refractivity contribution in [2.24, 2.45) is 9.98 Å². The molecule has 0 spiro atoms. The Morgan fingerprint density at radius 1 is 0.868 bits per heavy atom. The van der Waals surface area contributed by atoms with Gasteiger partial charge in [0.15, 0.2) is 17.5 Å². The highest BCUT2D eigenvalue weighted by Crippen LogP contribution is 2.48. The summed E-state index contributed by atoms with van der Waals surface area (Å²) < 4.78 is 1.96. The number of amidine groups is 2. The number of hydrogen-bond donors (Lipinski definition) is 1. The Morgan fingerprint density at radius 2 is 1.68 bits per heavy atom. The lowest BCUT2D eigenvalue weighted by molar-refractivity contribution is 0.831. The summed E-state index contributed by atoms with van der Waals surface area (Å²) in [5.74, 6) is 2.35. The molecule has 7 heteroatoms. The molecule has 0 amide bonds. The van der Waals surface area contributed by atoms with Gasteiger partial charge in [0.1, 0.15) is 6.04 Å². The first-order valence-corrected chi connectivity index (χ1v) is 13.6. The average molecular weight is 515 g/mol. The first-order valence-electron chi connectivity index (χ1n) is 12.7. The van der Waals surface area contributed by atoms with E-state index in [1.165, 1.54) is 10.4 Å². The van der Waals surface area contributed by atoms with Gasteiger partial charge in [-0.3, -0.25) is 0 Å². The number of benzene rings is 3. The molecule has 7 rings (SSSR count). The summed E-state index contributed by atoms with van der Waals surface area (Å²) in [6.45, 7) is 6.32. The minimum atomic E-state index is -0.0815. The smallest absolute Gasteiger partial charge is 0.179 e. The van der Waals surface area contributed by atoms with Crippen LogP contribution < -0.4 is 10.2 Å². The molecule has 1 atom stereocenters.